The van der Waals surface area contributed by atoms with Crippen LogP contribution in [0.15, 0.2) is 41.6 Å². The van der Waals surface area contributed by atoms with Crippen molar-refractivity contribution in [1.29, 1.82) is 0 Å². The maximum Gasteiger partial charge on any atom is 0.248 e. The quantitative estimate of drug-likeness (QED) is 0.608. The Morgan fingerprint density at radius 2 is 1.79 bits per heavy atom. The van der Waals surface area contributed by atoms with Gasteiger partial charge in [-0.25, -0.2) is 0 Å². The molecule has 0 aliphatic carbocycles. The molecule has 0 saturated carbocycles. The average molecular weight is 410 g/mol. The van der Waals surface area contributed by atoms with E-state index in [0.29, 0.717) is 22.0 Å². The van der Waals surface area contributed by atoms with Gasteiger partial charge in [-0.15, -0.1) is 10.2 Å². The number of benzene rings is 2. The number of nitrogens with zero attached hydrogens (tertiary/aromatic N) is 3. The highest BCUT2D eigenvalue weighted by molar-refractivity contribution is 7.99. The molecule has 0 spiro atoms. The van der Waals surface area contributed by atoms with Crippen molar-refractivity contribution in [3.63, 3.8) is 0 Å². The van der Waals surface area contributed by atoms with Gasteiger partial charge in [-0.1, -0.05) is 23.9 Å². The highest BCUT2D eigenvalue weighted by Crippen LogP contribution is 2.25. The number of hydrogen-bond donors (Lipinski definition) is 2. The summed E-state index contributed by atoms with van der Waals surface area (Å²) in [4.78, 5) is 23.7. The lowest BCUT2D eigenvalue weighted by Crippen LogP contribution is -2.16. The Morgan fingerprint density at radius 1 is 1.03 bits per heavy atom. The fraction of sp³-hybridized carbons (Fsp3) is 0.238. The van der Waals surface area contributed by atoms with Crippen LogP contribution in [0.5, 0.6) is 0 Å². The van der Waals surface area contributed by atoms with E-state index in [0.717, 1.165) is 22.6 Å². The lowest BCUT2D eigenvalue weighted by atomic mass is 10.1. The minimum Gasteiger partial charge on any atom is -0.366 e. The van der Waals surface area contributed by atoms with Gasteiger partial charge in [0.1, 0.15) is 5.82 Å². The van der Waals surface area contributed by atoms with Gasteiger partial charge in [0.2, 0.25) is 11.8 Å². The molecule has 0 unspecified atom stereocenters. The Bertz CT molecular complexity index is 1090. The molecule has 0 atom stereocenters. The topological polar surface area (TPSA) is 103 Å². The number of hydrogen-bond acceptors (Lipinski definition) is 5. The van der Waals surface area contributed by atoms with Gasteiger partial charge in [-0.05, 0) is 68.7 Å². The molecule has 0 bridgehead atoms. The molecule has 8 heteroatoms. The molecule has 1 aromatic heterocycles. The van der Waals surface area contributed by atoms with E-state index in [4.69, 9.17) is 5.73 Å². The van der Waals surface area contributed by atoms with Crippen molar-refractivity contribution in [2.24, 2.45) is 5.73 Å². The standard InChI is InChI=1S/C21H23N5O2S/c1-12-5-6-13(2)18(9-12)26-15(4)24-25-21(26)29-11-19(27)23-16-7-8-17(20(22)28)14(3)10-16/h5-10H,11H2,1-4H3,(H2,22,28)(H,23,27). The van der Waals surface area contributed by atoms with Crippen LogP contribution in [0.3, 0.4) is 0 Å². The van der Waals surface area contributed by atoms with Gasteiger partial charge in [0.15, 0.2) is 5.16 Å². The Hall–Kier alpha value is -3.13. The first kappa shape index (κ1) is 20.6. The van der Waals surface area contributed by atoms with Crippen LogP contribution >= 0.6 is 11.8 Å². The second kappa shape index (κ2) is 8.48. The highest BCUT2D eigenvalue weighted by atomic mass is 32.2. The molecule has 1 heterocycles. The van der Waals surface area contributed by atoms with Gasteiger partial charge in [0, 0.05) is 11.3 Å². The van der Waals surface area contributed by atoms with E-state index < -0.39 is 5.91 Å². The summed E-state index contributed by atoms with van der Waals surface area (Å²) in [5, 5.41) is 11.9. The molecule has 7 nitrogen and oxygen atoms in total. The normalized spacial score (nSPS) is 10.8. The van der Waals surface area contributed by atoms with Crippen molar-refractivity contribution in [3.05, 3.63) is 64.5 Å². The van der Waals surface area contributed by atoms with Gasteiger partial charge in [-0.3, -0.25) is 14.2 Å². The van der Waals surface area contributed by atoms with Crippen LogP contribution < -0.4 is 11.1 Å². The summed E-state index contributed by atoms with van der Waals surface area (Å²) < 4.78 is 1.96. The number of carbonyl (C=O) groups excluding carboxylic acids is 2. The second-order valence-corrected chi connectivity index (χ2v) is 7.83. The summed E-state index contributed by atoms with van der Waals surface area (Å²) in [5.41, 5.74) is 10.3. The number of nitrogens with one attached hydrogen (secondary N) is 1. The first-order valence-corrected chi connectivity index (χ1v) is 10.1. The molecule has 0 aliphatic heterocycles. The van der Waals surface area contributed by atoms with Crippen LogP contribution in [-0.4, -0.2) is 32.3 Å². The molecular formula is C21H23N5O2S. The summed E-state index contributed by atoms with van der Waals surface area (Å²) in [5.74, 6) is 0.283. The number of thioether (sulfide) groups is 1. The maximum atomic E-state index is 12.4. The lowest BCUT2D eigenvalue weighted by molar-refractivity contribution is -0.113. The average Bonchev–Trinajstić information content (AvgIpc) is 3.02. The zero-order valence-corrected chi connectivity index (χ0v) is 17.6. The third-order valence-corrected chi connectivity index (χ3v) is 5.44. The molecule has 3 rings (SSSR count). The Morgan fingerprint density at radius 3 is 2.48 bits per heavy atom. The molecular weight excluding hydrogens is 386 g/mol. The van der Waals surface area contributed by atoms with E-state index in [-0.39, 0.29) is 11.7 Å². The number of aromatic nitrogens is 3. The van der Waals surface area contributed by atoms with E-state index in [2.05, 4.69) is 33.7 Å². The Labute approximate surface area is 173 Å². The fourth-order valence-corrected chi connectivity index (χ4v) is 3.81. The Balaban J connectivity index is 1.72. The molecule has 0 aliphatic rings. The van der Waals surface area contributed by atoms with Crippen molar-refractivity contribution in [1.82, 2.24) is 14.8 Å². The van der Waals surface area contributed by atoms with Gasteiger partial charge < -0.3 is 11.1 Å². The number of aryl methyl sites for hydroxylation is 4. The fourth-order valence-electron chi connectivity index (χ4n) is 3.02. The molecule has 29 heavy (non-hydrogen) atoms. The van der Waals surface area contributed by atoms with Gasteiger partial charge in [0.25, 0.3) is 0 Å². The number of anilines is 1. The van der Waals surface area contributed by atoms with Crippen molar-refractivity contribution >= 4 is 29.3 Å². The third kappa shape index (κ3) is 4.65. The first-order chi connectivity index (χ1) is 13.8. The van der Waals surface area contributed by atoms with Gasteiger partial charge >= 0.3 is 0 Å². The molecule has 150 valence electrons. The predicted molar refractivity (Wildman–Crippen MR) is 115 cm³/mol. The summed E-state index contributed by atoms with van der Waals surface area (Å²) in [7, 11) is 0. The second-order valence-electron chi connectivity index (χ2n) is 6.89. The number of amides is 2. The molecule has 0 fully saturated rings. The van der Waals surface area contributed by atoms with Crippen molar-refractivity contribution < 1.29 is 9.59 Å². The largest absolute Gasteiger partial charge is 0.366 e. The number of primary amides is 1. The Kier molecular flexibility index (Phi) is 6.03. The zero-order chi connectivity index (χ0) is 21.1. The van der Waals surface area contributed by atoms with Gasteiger partial charge in [-0.2, -0.15) is 0 Å². The third-order valence-electron chi connectivity index (χ3n) is 4.51. The lowest BCUT2D eigenvalue weighted by Gasteiger charge is -2.12. The SMILES string of the molecule is Cc1ccc(C)c(-n2c(C)nnc2SCC(=O)Nc2ccc(C(N)=O)c(C)c2)c1. The van der Waals surface area contributed by atoms with E-state index in [1.54, 1.807) is 25.1 Å². The van der Waals surface area contributed by atoms with E-state index in [1.165, 1.54) is 11.8 Å². The van der Waals surface area contributed by atoms with E-state index in [1.807, 2.05) is 25.3 Å². The summed E-state index contributed by atoms with van der Waals surface area (Å²) in [6.07, 6.45) is 0. The summed E-state index contributed by atoms with van der Waals surface area (Å²) in [6, 6.07) is 11.2. The summed E-state index contributed by atoms with van der Waals surface area (Å²) in [6.45, 7) is 7.74. The van der Waals surface area contributed by atoms with Crippen LogP contribution in [-0.2, 0) is 4.79 Å². The monoisotopic (exact) mass is 409 g/mol. The summed E-state index contributed by atoms with van der Waals surface area (Å²) >= 11 is 1.32. The molecule has 3 aromatic rings. The van der Waals surface area contributed by atoms with E-state index >= 15 is 0 Å². The van der Waals surface area contributed by atoms with Crippen LogP contribution in [0.2, 0.25) is 0 Å². The molecule has 3 N–H and O–H groups in total. The number of nitrogens with two attached hydrogens (primary N) is 1. The first-order valence-electron chi connectivity index (χ1n) is 9.09. The molecule has 0 radical (unpaired) electrons. The van der Waals surface area contributed by atoms with E-state index in [9.17, 15) is 9.59 Å². The predicted octanol–water partition coefficient (Wildman–Crippen LogP) is 3.33. The van der Waals surface area contributed by atoms with Crippen molar-refractivity contribution in [2.45, 2.75) is 32.9 Å². The number of rotatable bonds is 6. The maximum absolute atomic E-state index is 12.4. The molecule has 0 saturated heterocycles. The van der Waals surface area contributed by atoms with Crippen LogP contribution in [0.1, 0.15) is 32.9 Å². The highest BCUT2D eigenvalue weighted by Gasteiger charge is 2.15. The van der Waals surface area contributed by atoms with Crippen LogP contribution in [0.25, 0.3) is 5.69 Å². The van der Waals surface area contributed by atoms with Crippen molar-refractivity contribution in [3.8, 4) is 5.69 Å². The minimum absolute atomic E-state index is 0.172. The smallest absolute Gasteiger partial charge is 0.248 e. The van der Waals surface area contributed by atoms with Crippen molar-refractivity contribution in [2.75, 3.05) is 11.1 Å². The minimum atomic E-state index is -0.489. The van der Waals surface area contributed by atoms with Crippen LogP contribution in [0.4, 0.5) is 5.69 Å². The molecule has 2 aromatic carbocycles. The number of carbonyl (C=O) groups is 2. The molecule has 2 amide bonds. The van der Waals surface area contributed by atoms with Gasteiger partial charge in [0.05, 0.1) is 11.4 Å². The van der Waals surface area contributed by atoms with Crippen LogP contribution in [0, 0.1) is 27.7 Å². The zero-order valence-electron chi connectivity index (χ0n) is 16.8.